The van der Waals surface area contributed by atoms with Gasteiger partial charge in [0.1, 0.15) is 30.5 Å². The number of ketones is 1. The van der Waals surface area contributed by atoms with E-state index in [9.17, 15) is 9.90 Å². The van der Waals surface area contributed by atoms with E-state index in [0.717, 1.165) is 20.7 Å². The van der Waals surface area contributed by atoms with Crippen molar-refractivity contribution in [3.05, 3.63) is 121 Å². The van der Waals surface area contributed by atoms with Gasteiger partial charge < -0.3 is 23.4 Å². The predicted molar refractivity (Wildman–Crippen MR) is 200 cm³/mol. The van der Waals surface area contributed by atoms with Gasteiger partial charge in [0.25, 0.3) is 16.6 Å². The van der Waals surface area contributed by atoms with Crippen molar-refractivity contribution in [2.45, 2.75) is 102 Å². The van der Waals surface area contributed by atoms with Crippen LogP contribution in [0.3, 0.4) is 0 Å². The third-order valence-electron chi connectivity index (χ3n) is 10.1. The van der Waals surface area contributed by atoms with Crippen molar-refractivity contribution in [1.82, 2.24) is 0 Å². The maximum absolute atomic E-state index is 14.8. The summed E-state index contributed by atoms with van der Waals surface area (Å²) < 4.78 is 28.1. The summed E-state index contributed by atoms with van der Waals surface area (Å²) in [6.07, 6.45) is -5.18. The third-order valence-corrected chi connectivity index (χ3v) is 20.2. The number of carbonyl (C=O) groups is 1. The van der Waals surface area contributed by atoms with Crippen molar-refractivity contribution < 1.29 is 28.2 Å². The van der Waals surface area contributed by atoms with Crippen LogP contribution in [-0.2, 0) is 23.1 Å². The Morgan fingerprint density at radius 3 is 1.24 bits per heavy atom. The standard InChI is InChI=1S/C41H50O6Si2/c1-39(2,3)48(29-21-13-9-14-22-29,30-23-15-10-16-24-30)46-35-33(42)34(43)36(38-37(35)44-41(7,8)45-38)47-49(40(4,5)6,31-25-17-11-18-26-31)32-27-19-12-20-28-32/h9-28,33,35-38,42H,1-8H3/t33-,35-,36+,37-,38-/m1/s1. The quantitative estimate of drug-likeness (QED) is 0.251. The Balaban J connectivity index is 1.50. The van der Waals surface area contributed by atoms with Gasteiger partial charge in [0.05, 0.1) is 0 Å². The molecule has 5 atom stereocenters. The van der Waals surface area contributed by atoms with E-state index in [-0.39, 0.29) is 5.04 Å². The number of rotatable bonds is 8. The van der Waals surface area contributed by atoms with Gasteiger partial charge in [-0.3, -0.25) is 4.79 Å². The molecule has 0 amide bonds. The van der Waals surface area contributed by atoms with E-state index in [4.69, 9.17) is 18.3 Å². The lowest BCUT2D eigenvalue weighted by Gasteiger charge is -2.50. The average Bonchev–Trinajstić information content (AvgIpc) is 3.40. The summed E-state index contributed by atoms with van der Waals surface area (Å²) >= 11 is 0. The number of Topliss-reactive ketones (excluding diaryl/α,β-unsaturated/α-hetero) is 1. The number of benzene rings is 4. The highest BCUT2D eigenvalue weighted by Crippen LogP contribution is 2.46. The summed E-state index contributed by atoms with van der Waals surface area (Å²) in [6.45, 7) is 16.8. The molecule has 8 heteroatoms. The number of hydrogen-bond donors (Lipinski definition) is 1. The Labute approximate surface area is 293 Å². The zero-order valence-electron chi connectivity index (χ0n) is 29.9. The van der Waals surface area contributed by atoms with Gasteiger partial charge in [0.2, 0.25) is 0 Å². The predicted octanol–water partition coefficient (Wildman–Crippen LogP) is 5.34. The number of aliphatic hydroxyl groups is 1. The molecule has 1 N–H and O–H groups in total. The van der Waals surface area contributed by atoms with Crippen LogP contribution in [0.15, 0.2) is 121 Å². The van der Waals surface area contributed by atoms with Gasteiger partial charge >= 0.3 is 0 Å². The van der Waals surface area contributed by atoms with Crippen LogP contribution in [-0.4, -0.2) is 63.8 Å². The summed E-state index contributed by atoms with van der Waals surface area (Å²) in [7, 11) is -6.42. The fourth-order valence-corrected chi connectivity index (χ4v) is 17.3. The number of aliphatic hydroxyl groups excluding tert-OH is 1. The molecule has 1 saturated carbocycles. The van der Waals surface area contributed by atoms with Crippen LogP contribution in [0.2, 0.25) is 10.1 Å². The van der Waals surface area contributed by atoms with Crippen molar-refractivity contribution in [3.63, 3.8) is 0 Å². The maximum Gasteiger partial charge on any atom is 0.262 e. The van der Waals surface area contributed by atoms with Gasteiger partial charge in [0, 0.05) is 0 Å². The second-order valence-electron chi connectivity index (χ2n) is 15.9. The van der Waals surface area contributed by atoms with Crippen molar-refractivity contribution in [2.75, 3.05) is 0 Å². The van der Waals surface area contributed by atoms with E-state index >= 15 is 0 Å². The second kappa shape index (κ2) is 13.2. The molecular weight excluding hydrogens is 645 g/mol. The zero-order valence-corrected chi connectivity index (χ0v) is 31.9. The van der Waals surface area contributed by atoms with Crippen LogP contribution < -0.4 is 20.7 Å². The molecule has 0 spiro atoms. The Bertz CT molecular complexity index is 1640. The summed E-state index contributed by atoms with van der Waals surface area (Å²) in [6, 6.07) is 40.9. The lowest BCUT2D eigenvalue weighted by atomic mass is 9.86. The molecule has 2 fully saturated rings. The van der Waals surface area contributed by atoms with Crippen LogP contribution >= 0.6 is 0 Å². The smallest absolute Gasteiger partial charge is 0.262 e. The topological polar surface area (TPSA) is 74.2 Å². The molecule has 6 rings (SSSR count). The highest BCUT2D eigenvalue weighted by molar-refractivity contribution is 7.00. The zero-order chi connectivity index (χ0) is 35.2. The van der Waals surface area contributed by atoms with Crippen LogP contribution in [0.25, 0.3) is 0 Å². The fourth-order valence-electron chi connectivity index (χ4n) is 8.01. The van der Waals surface area contributed by atoms with Gasteiger partial charge in [-0.25, -0.2) is 0 Å². The monoisotopic (exact) mass is 694 g/mol. The molecule has 2 aliphatic rings. The number of ether oxygens (including phenoxy) is 2. The van der Waals surface area contributed by atoms with Crippen molar-refractivity contribution in [2.24, 2.45) is 0 Å². The Morgan fingerprint density at radius 1 is 0.571 bits per heavy atom. The largest absolute Gasteiger partial charge is 0.399 e. The Morgan fingerprint density at radius 2 is 0.898 bits per heavy atom. The Hall–Kier alpha value is -3.22. The van der Waals surface area contributed by atoms with E-state index < -0.39 is 63.8 Å². The van der Waals surface area contributed by atoms with Gasteiger partial charge in [-0.05, 0) is 44.7 Å². The van der Waals surface area contributed by atoms with Crippen molar-refractivity contribution in [3.8, 4) is 0 Å². The summed E-state index contributed by atoms with van der Waals surface area (Å²) in [5.74, 6) is -1.49. The lowest BCUT2D eigenvalue weighted by molar-refractivity contribution is -0.163. The molecular formula is C41H50O6Si2. The van der Waals surface area contributed by atoms with Gasteiger partial charge in [-0.15, -0.1) is 0 Å². The summed E-state index contributed by atoms with van der Waals surface area (Å²) in [5, 5.41) is 15.6. The highest BCUT2D eigenvalue weighted by atomic mass is 28.4. The van der Waals surface area contributed by atoms with Crippen LogP contribution in [0.1, 0.15) is 55.4 Å². The number of carbonyl (C=O) groups excluding carboxylic acids is 1. The second-order valence-corrected chi connectivity index (χ2v) is 24.4. The highest BCUT2D eigenvalue weighted by Gasteiger charge is 2.64. The van der Waals surface area contributed by atoms with Crippen LogP contribution in [0.4, 0.5) is 0 Å². The van der Waals surface area contributed by atoms with Crippen LogP contribution in [0.5, 0.6) is 0 Å². The SMILES string of the molecule is CC1(C)O[C@@H]2[C@H](O[Si](c3ccccc3)(c3ccccc3)C(C)(C)C)[C@H](O)C(=O)[C@H](O[Si](c3ccccc3)(c3ccccc3)C(C)(C)C)[C@H]2O1. The molecule has 6 nitrogen and oxygen atoms in total. The van der Waals surface area contributed by atoms with E-state index in [0.29, 0.717) is 0 Å². The molecule has 258 valence electrons. The van der Waals surface area contributed by atoms with E-state index in [2.05, 4.69) is 90.1 Å². The third kappa shape index (κ3) is 6.22. The molecule has 0 bridgehead atoms. The average molecular weight is 695 g/mol. The minimum absolute atomic E-state index is 0.384. The molecule has 1 aliphatic heterocycles. The first-order valence-corrected chi connectivity index (χ1v) is 21.1. The van der Waals surface area contributed by atoms with Gasteiger partial charge in [-0.2, -0.15) is 0 Å². The number of hydrogen-bond acceptors (Lipinski definition) is 6. The van der Waals surface area contributed by atoms with Gasteiger partial charge in [0.15, 0.2) is 11.6 Å². The van der Waals surface area contributed by atoms with E-state index in [1.165, 1.54) is 0 Å². The molecule has 1 saturated heterocycles. The van der Waals surface area contributed by atoms with Crippen molar-refractivity contribution in [1.29, 1.82) is 0 Å². The van der Waals surface area contributed by atoms with Crippen LogP contribution in [0, 0.1) is 0 Å². The maximum atomic E-state index is 14.8. The molecule has 49 heavy (non-hydrogen) atoms. The van der Waals surface area contributed by atoms with E-state index in [1.807, 2.05) is 86.6 Å². The number of fused-ring (bicyclic) bond motifs is 1. The summed E-state index contributed by atoms with van der Waals surface area (Å²) in [4.78, 5) is 14.8. The summed E-state index contributed by atoms with van der Waals surface area (Å²) in [5.41, 5.74) is 0. The first-order valence-electron chi connectivity index (χ1n) is 17.3. The fraction of sp³-hybridized carbons (Fsp3) is 0.390. The molecule has 1 aliphatic carbocycles. The lowest BCUT2D eigenvalue weighted by Crippen LogP contribution is -2.74. The molecule has 4 aromatic rings. The molecule has 1 heterocycles. The minimum atomic E-state index is -3.22. The van der Waals surface area contributed by atoms with E-state index in [1.54, 1.807) is 0 Å². The normalized spacial score (nSPS) is 24.4. The minimum Gasteiger partial charge on any atom is -0.399 e. The first-order chi connectivity index (χ1) is 23.1. The first kappa shape index (κ1) is 35.6. The molecule has 4 aromatic carbocycles. The Kier molecular flexibility index (Phi) is 9.56. The molecule has 0 radical (unpaired) electrons. The molecule has 0 aromatic heterocycles. The molecule has 0 unspecified atom stereocenters. The van der Waals surface area contributed by atoms with Crippen molar-refractivity contribution >= 4 is 43.2 Å². The van der Waals surface area contributed by atoms with Gasteiger partial charge in [-0.1, -0.05) is 163 Å².